The van der Waals surface area contributed by atoms with Gasteiger partial charge in [0.1, 0.15) is 0 Å². The van der Waals surface area contributed by atoms with Crippen molar-refractivity contribution >= 4 is 11.4 Å². The number of halogens is 4. The van der Waals surface area contributed by atoms with Crippen LogP contribution in [0.5, 0.6) is 0 Å². The van der Waals surface area contributed by atoms with Gasteiger partial charge in [-0.15, -0.1) is 0 Å². The van der Waals surface area contributed by atoms with E-state index < -0.39 is 34.6 Å². The first-order valence-corrected chi connectivity index (χ1v) is 3.76. The van der Waals surface area contributed by atoms with Gasteiger partial charge in [0.25, 0.3) is 0 Å². The lowest BCUT2D eigenvalue weighted by Crippen LogP contribution is -2.07. The lowest BCUT2D eigenvalue weighted by Gasteiger charge is -2.12. The zero-order valence-electron chi connectivity index (χ0n) is 7.51. The zero-order valence-corrected chi connectivity index (χ0v) is 7.51. The molecule has 78 valence electrons. The second kappa shape index (κ2) is 3.73. The summed E-state index contributed by atoms with van der Waals surface area (Å²) in [6.45, 7) is 0. The summed E-state index contributed by atoms with van der Waals surface area (Å²) in [5.74, 6) is -6.55. The van der Waals surface area contributed by atoms with Crippen molar-refractivity contribution in [1.82, 2.24) is 0 Å². The van der Waals surface area contributed by atoms with Gasteiger partial charge >= 0.3 is 0 Å². The summed E-state index contributed by atoms with van der Waals surface area (Å²) in [6, 6.07) is 0. The smallest absolute Gasteiger partial charge is 0.199 e. The van der Waals surface area contributed by atoms with Gasteiger partial charge in [-0.3, -0.25) is 0 Å². The van der Waals surface area contributed by atoms with Crippen LogP contribution in [0.4, 0.5) is 28.9 Å². The minimum Gasteiger partial charge on any atom is -0.384 e. The Morgan fingerprint density at radius 3 is 1.14 bits per heavy atom. The molecule has 0 amide bonds. The first-order chi connectivity index (χ1) is 6.54. The van der Waals surface area contributed by atoms with E-state index in [1.54, 1.807) is 0 Å². The van der Waals surface area contributed by atoms with Crippen molar-refractivity contribution in [2.24, 2.45) is 0 Å². The van der Waals surface area contributed by atoms with Crippen molar-refractivity contribution in [3.8, 4) is 0 Å². The Morgan fingerprint density at radius 1 is 0.643 bits per heavy atom. The van der Waals surface area contributed by atoms with Crippen LogP contribution in [0, 0.1) is 23.3 Å². The molecule has 0 aromatic heterocycles. The fourth-order valence-corrected chi connectivity index (χ4v) is 1.10. The number of hydrogen-bond donors (Lipinski definition) is 2. The van der Waals surface area contributed by atoms with Crippen LogP contribution in [-0.4, -0.2) is 14.1 Å². The van der Waals surface area contributed by atoms with Gasteiger partial charge in [0.05, 0.1) is 11.4 Å². The molecule has 0 aliphatic carbocycles. The third-order valence-corrected chi connectivity index (χ3v) is 1.77. The molecular weight excluding hydrogens is 200 g/mol. The van der Waals surface area contributed by atoms with Crippen LogP contribution >= 0.6 is 0 Å². The molecule has 0 radical (unpaired) electrons. The van der Waals surface area contributed by atoms with Crippen molar-refractivity contribution < 1.29 is 17.6 Å². The second-order valence-electron chi connectivity index (χ2n) is 2.51. The SMILES string of the molecule is CNc1c(F)c(F)c(F)c(F)c1NC. The Morgan fingerprint density at radius 2 is 0.929 bits per heavy atom. The summed E-state index contributed by atoms with van der Waals surface area (Å²) in [5, 5.41) is 4.48. The van der Waals surface area contributed by atoms with Gasteiger partial charge in [-0.2, -0.15) is 0 Å². The minimum absolute atomic E-state index is 0.441. The third kappa shape index (κ3) is 1.36. The highest BCUT2D eigenvalue weighted by atomic mass is 19.2. The summed E-state index contributed by atoms with van der Waals surface area (Å²) in [6.07, 6.45) is 0. The molecule has 2 nitrogen and oxygen atoms in total. The van der Waals surface area contributed by atoms with E-state index in [0.29, 0.717) is 0 Å². The van der Waals surface area contributed by atoms with Crippen molar-refractivity contribution in [2.45, 2.75) is 0 Å². The van der Waals surface area contributed by atoms with E-state index in [1.165, 1.54) is 14.1 Å². The van der Waals surface area contributed by atoms with Crippen LogP contribution in [-0.2, 0) is 0 Å². The highest BCUT2D eigenvalue weighted by Crippen LogP contribution is 2.31. The fraction of sp³-hybridized carbons (Fsp3) is 0.250. The molecule has 0 saturated heterocycles. The molecule has 0 aliphatic heterocycles. The first kappa shape index (κ1) is 10.6. The van der Waals surface area contributed by atoms with Crippen LogP contribution in [0.1, 0.15) is 0 Å². The van der Waals surface area contributed by atoms with E-state index in [-0.39, 0.29) is 0 Å². The second-order valence-corrected chi connectivity index (χ2v) is 2.51. The molecule has 0 aliphatic rings. The minimum atomic E-state index is -1.83. The summed E-state index contributed by atoms with van der Waals surface area (Å²) in [5.41, 5.74) is -0.882. The lowest BCUT2D eigenvalue weighted by molar-refractivity contribution is 0.413. The summed E-state index contributed by atoms with van der Waals surface area (Å²) < 4.78 is 51.4. The Labute approximate surface area is 77.9 Å². The van der Waals surface area contributed by atoms with E-state index in [0.717, 1.165) is 0 Å². The fourth-order valence-electron chi connectivity index (χ4n) is 1.10. The monoisotopic (exact) mass is 208 g/mol. The maximum Gasteiger partial charge on any atom is 0.199 e. The Bertz CT molecular complexity index is 330. The van der Waals surface area contributed by atoms with Crippen molar-refractivity contribution in [3.63, 3.8) is 0 Å². The Hall–Kier alpha value is -1.46. The topological polar surface area (TPSA) is 24.1 Å². The van der Waals surface area contributed by atoms with Gasteiger partial charge in [0.2, 0.25) is 0 Å². The first-order valence-electron chi connectivity index (χ1n) is 3.76. The maximum atomic E-state index is 13.0. The Balaban J connectivity index is 3.57. The van der Waals surface area contributed by atoms with Gasteiger partial charge in [0.15, 0.2) is 23.3 Å². The molecule has 1 aromatic carbocycles. The Kier molecular flexibility index (Phi) is 2.83. The average molecular weight is 208 g/mol. The van der Waals surface area contributed by atoms with Crippen molar-refractivity contribution in [1.29, 1.82) is 0 Å². The average Bonchev–Trinajstić information content (AvgIpc) is 2.20. The van der Waals surface area contributed by atoms with Gasteiger partial charge in [-0.05, 0) is 0 Å². The van der Waals surface area contributed by atoms with Crippen LogP contribution in [0.3, 0.4) is 0 Å². The predicted molar refractivity (Wildman–Crippen MR) is 45.4 cm³/mol. The molecule has 0 heterocycles. The number of anilines is 2. The number of rotatable bonds is 2. The van der Waals surface area contributed by atoms with E-state index >= 15 is 0 Å². The van der Waals surface area contributed by atoms with E-state index in [4.69, 9.17) is 0 Å². The molecule has 0 saturated carbocycles. The molecule has 0 fully saturated rings. The van der Waals surface area contributed by atoms with Crippen LogP contribution in [0.25, 0.3) is 0 Å². The van der Waals surface area contributed by atoms with E-state index in [2.05, 4.69) is 10.6 Å². The molecule has 0 spiro atoms. The van der Waals surface area contributed by atoms with Crippen molar-refractivity contribution in [3.05, 3.63) is 23.3 Å². The molecule has 0 atom stereocenters. The molecular formula is C8H8F4N2. The van der Waals surface area contributed by atoms with Gasteiger partial charge in [-0.25, -0.2) is 17.6 Å². The largest absolute Gasteiger partial charge is 0.384 e. The van der Waals surface area contributed by atoms with Gasteiger partial charge in [0, 0.05) is 14.1 Å². The van der Waals surface area contributed by atoms with Crippen molar-refractivity contribution in [2.75, 3.05) is 24.7 Å². The number of hydrogen-bond acceptors (Lipinski definition) is 2. The van der Waals surface area contributed by atoms with Crippen LogP contribution < -0.4 is 10.6 Å². The maximum absolute atomic E-state index is 13.0. The number of benzene rings is 1. The normalized spacial score (nSPS) is 10.1. The zero-order chi connectivity index (χ0) is 10.9. The molecule has 6 heteroatoms. The summed E-state index contributed by atoms with van der Waals surface area (Å²) in [7, 11) is 2.55. The number of nitrogens with one attached hydrogen (secondary N) is 2. The molecule has 1 aromatic rings. The molecule has 14 heavy (non-hydrogen) atoms. The molecule has 0 unspecified atom stereocenters. The molecule has 2 N–H and O–H groups in total. The molecule has 0 bridgehead atoms. The quantitative estimate of drug-likeness (QED) is 0.442. The van der Waals surface area contributed by atoms with Gasteiger partial charge in [-0.1, -0.05) is 0 Å². The van der Waals surface area contributed by atoms with Crippen LogP contribution in [0.2, 0.25) is 0 Å². The van der Waals surface area contributed by atoms with Crippen LogP contribution in [0.15, 0.2) is 0 Å². The third-order valence-electron chi connectivity index (χ3n) is 1.77. The van der Waals surface area contributed by atoms with Gasteiger partial charge < -0.3 is 10.6 Å². The standard InChI is InChI=1S/C8H8F4N2/c1-13-7-5(11)3(9)4(10)6(12)8(7)14-2/h13-14H,1-2H3. The highest BCUT2D eigenvalue weighted by molar-refractivity contribution is 5.70. The summed E-state index contributed by atoms with van der Waals surface area (Å²) in [4.78, 5) is 0. The highest BCUT2D eigenvalue weighted by Gasteiger charge is 2.23. The molecule has 1 rings (SSSR count). The summed E-state index contributed by atoms with van der Waals surface area (Å²) >= 11 is 0. The van der Waals surface area contributed by atoms with E-state index in [9.17, 15) is 17.6 Å². The predicted octanol–water partition coefficient (Wildman–Crippen LogP) is 2.33. The van der Waals surface area contributed by atoms with E-state index in [1.807, 2.05) is 0 Å². The lowest BCUT2D eigenvalue weighted by atomic mass is 10.2.